The van der Waals surface area contributed by atoms with Gasteiger partial charge in [-0.25, -0.2) is 0 Å². The Morgan fingerprint density at radius 1 is 0.524 bits per heavy atom. The van der Waals surface area contributed by atoms with Crippen molar-refractivity contribution >= 4 is 5.78 Å². The minimum Gasteiger partial charge on any atom is -0.300 e. The standard InChI is InChI=1S/C20H40O/c1-3-5-6-7-8-9-10-11-12-13-14-15-16-17-18-19-20(21)4-2/h3-19H2,1-2H3. The van der Waals surface area contributed by atoms with Crippen molar-refractivity contribution in [3.63, 3.8) is 0 Å². The number of carbonyl (C=O) groups is 1. The normalized spacial score (nSPS) is 11.0. The van der Waals surface area contributed by atoms with Gasteiger partial charge in [-0.3, -0.25) is 4.79 Å². The fourth-order valence-corrected chi connectivity index (χ4v) is 2.87. The second-order valence-corrected chi connectivity index (χ2v) is 6.59. The van der Waals surface area contributed by atoms with E-state index in [9.17, 15) is 4.79 Å². The van der Waals surface area contributed by atoms with Crippen LogP contribution in [0.15, 0.2) is 0 Å². The molecule has 0 saturated carbocycles. The molecular weight excluding hydrogens is 256 g/mol. The highest BCUT2D eigenvalue weighted by Crippen LogP contribution is 2.13. The molecule has 0 heterocycles. The van der Waals surface area contributed by atoms with E-state index in [1.807, 2.05) is 6.92 Å². The Morgan fingerprint density at radius 3 is 1.19 bits per heavy atom. The molecule has 1 heteroatoms. The van der Waals surface area contributed by atoms with Gasteiger partial charge in [0.05, 0.1) is 0 Å². The van der Waals surface area contributed by atoms with Crippen LogP contribution in [-0.2, 0) is 4.79 Å². The van der Waals surface area contributed by atoms with E-state index in [4.69, 9.17) is 0 Å². The van der Waals surface area contributed by atoms with Gasteiger partial charge in [0.2, 0.25) is 0 Å². The minimum absolute atomic E-state index is 0.435. The Hall–Kier alpha value is -0.330. The van der Waals surface area contributed by atoms with Crippen LogP contribution in [0.5, 0.6) is 0 Å². The fourth-order valence-electron chi connectivity index (χ4n) is 2.87. The van der Waals surface area contributed by atoms with Crippen LogP contribution in [0.25, 0.3) is 0 Å². The number of rotatable bonds is 17. The molecule has 0 aliphatic rings. The average Bonchev–Trinajstić information content (AvgIpc) is 2.50. The second-order valence-electron chi connectivity index (χ2n) is 6.59. The highest BCUT2D eigenvalue weighted by molar-refractivity contribution is 5.77. The number of hydrogen-bond acceptors (Lipinski definition) is 1. The third-order valence-electron chi connectivity index (χ3n) is 4.45. The molecule has 0 spiro atoms. The summed E-state index contributed by atoms with van der Waals surface area (Å²) in [5.74, 6) is 0.435. The second kappa shape index (κ2) is 17.7. The van der Waals surface area contributed by atoms with Crippen LogP contribution in [0.4, 0.5) is 0 Å². The Morgan fingerprint density at radius 2 is 0.857 bits per heavy atom. The first-order valence-corrected chi connectivity index (χ1v) is 9.83. The lowest BCUT2D eigenvalue weighted by atomic mass is 10.0. The van der Waals surface area contributed by atoms with Crippen LogP contribution in [0, 0.1) is 0 Å². The molecule has 0 N–H and O–H groups in total. The van der Waals surface area contributed by atoms with E-state index in [0.717, 1.165) is 19.3 Å². The number of unbranched alkanes of at least 4 members (excludes halogenated alkanes) is 14. The predicted molar refractivity (Wildman–Crippen MR) is 94.8 cm³/mol. The molecule has 0 aromatic carbocycles. The van der Waals surface area contributed by atoms with Gasteiger partial charge in [-0.15, -0.1) is 0 Å². The van der Waals surface area contributed by atoms with Crippen molar-refractivity contribution in [1.29, 1.82) is 0 Å². The predicted octanol–water partition coefficient (Wildman–Crippen LogP) is 7.23. The highest BCUT2D eigenvalue weighted by atomic mass is 16.1. The van der Waals surface area contributed by atoms with Gasteiger partial charge >= 0.3 is 0 Å². The molecule has 21 heavy (non-hydrogen) atoms. The molecular formula is C20H40O. The lowest BCUT2D eigenvalue weighted by Crippen LogP contribution is -1.94. The molecule has 0 aromatic rings. The molecule has 0 unspecified atom stereocenters. The van der Waals surface area contributed by atoms with Crippen LogP contribution >= 0.6 is 0 Å². The molecule has 0 fully saturated rings. The number of ketones is 1. The van der Waals surface area contributed by atoms with E-state index in [-0.39, 0.29) is 0 Å². The van der Waals surface area contributed by atoms with Gasteiger partial charge in [0, 0.05) is 12.8 Å². The first-order valence-electron chi connectivity index (χ1n) is 9.83. The maximum atomic E-state index is 11.1. The largest absolute Gasteiger partial charge is 0.300 e. The van der Waals surface area contributed by atoms with E-state index in [1.165, 1.54) is 89.9 Å². The molecule has 0 bridgehead atoms. The third kappa shape index (κ3) is 17.6. The lowest BCUT2D eigenvalue weighted by Gasteiger charge is -2.03. The van der Waals surface area contributed by atoms with Gasteiger partial charge < -0.3 is 0 Å². The molecule has 0 atom stereocenters. The van der Waals surface area contributed by atoms with E-state index < -0.39 is 0 Å². The van der Waals surface area contributed by atoms with E-state index >= 15 is 0 Å². The van der Waals surface area contributed by atoms with Crippen LogP contribution in [0.1, 0.15) is 123 Å². The Kier molecular flexibility index (Phi) is 17.4. The van der Waals surface area contributed by atoms with Gasteiger partial charge in [-0.1, -0.05) is 104 Å². The summed E-state index contributed by atoms with van der Waals surface area (Å²) in [6, 6.07) is 0. The minimum atomic E-state index is 0.435. The third-order valence-corrected chi connectivity index (χ3v) is 4.45. The van der Waals surface area contributed by atoms with Gasteiger partial charge in [-0.05, 0) is 6.42 Å². The van der Waals surface area contributed by atoms with Crippen LogP contribution in [0.2, 0.25) is 0 Å². The van der Waals surface area contributed by atoms with Crippen molar-refractivity contribution < 1.29 is 4.79 Å². The topological polar surface area (TPSA) is 17.1 Å². The molecule has 0 rings (SSSR count). The summed E-state index contributed by atoms with van der Waals surface area (Å²) in [4.78, 5) is 11.1. The van der Waals surface area contributed by atoms with Crippen molar-refractivity contribution in [3.8, 4) is 0 Å². The summed E-state index contributed by atoms with van der Waals surface area (Å²) >= 11 is 0. The maximum Gasteiger partial charge on any atom is 0.132 e. The SMILES string of the molecule is CCCCCCCCCCCCCCCCCC(=O)CC. The van der Waals surface area contributed by atoms with Crippen LogP contribution in [-0.4, -0.2) is 5.78 Å². The van der Waals surface area contributed by atoms with E-state index in [1.54, 1.807) is 0 Å². The summed E-state index contributed by atoms with van der Waals surface area (Å²) in [5.41, 5.74) is 0. The molecule has 0 aliphatic heterocycles. The van der Waals surface area contributed by atoms with E-state index in [0.29, 0.717) is 5.78 Å². The number of carbonyl (C=O) groups excluding carboxylic acids is 1. The summed E-state index contributed by atoms with van der Waals surface area (Å²) in [5, 5.41) is 0. The Labute approximate surface area is 134 Å². The van der Waals surface area contributed by atoms with Gasteiger partial charge in [0.1, 0.15) is 5.78 Å². The van der Waals surface area contributed by atoms with E-state index in [2.05, 4.69) is 6.92 Å². The Balaban J connectivity index is 2.98. The maximum absolute atomic E-state index is 11.1. The van der Waals surface area contributed by atoms with Gasteiger partial charge in [0.25, 0.3) is 0 Å². The molecule has 0 aromatic heterocycles. The van der Waals surface area contributed by atoms with Gasteiger partial charge in [0.15, 0.2) is 0 Å². The van der Waals surface area contributed by atoms with Crippen LogP contribution < -0.4 is 0 Å². The fraction of sp³-hybridized carbons (Fsp3) is 0.950. The summed E-state index contributed by atoms with van der Waals surface area (Å²) in [6.45, 7) is 4.25. The first-order chi connectivity index (χ1) is 10.3. The van der Waals surface area contributed by atoms with Crippen molar-refractivity contribution in [3.05, 3.63) is 0 Å². The lowest BCUT2D eigenvalue weighted by molar-refractivity contribution is -0.118. The zero-order valence-electron chi connectivity index (χ0n) is 14.9. The van der Waals surface area contributed by atoms with Crippen LogP contribution in [0.3, 0.4) is 0 Å². The summed E-state index contributed by atoms with van der Waals surface area (Å²) < 4.78 is 0. The van der Waals surface area contributed by atoms with Gasteiger partial charge in [-0.2, -0.15) is 0 Å². The zero-order chi connectivity index (χ0) is 15.6. The first kappa shape index (κ1) is 20.7. The smallest absolute Gasteiger partial charge is 0.132 e. The number of hydrogen-bond donors (Lipinski definition) is 0. The van der Waals surface area contributed by atoms with Crippen molar-refractivity contribution in [2.75, 3.05) is 0 Å². The molecule has 0 saturated heterocycles. The highest BCUT2D eigenvalue weighted by Gasteiger charge is 1.98. The molecule has 0 amide bonds. The summed E-state index contributed by atoms with van der Waals surface area (Å²) in [7, 11) is 0. The molecule has 0 aliphatic carbocycles. The number of Topliss-reactive ketones (excluding diaryl/α,β-unsaturated/α-hetero) is 1. The van der Waals surface area contributed by atoms with Crippen molar-refractivity contribution in [1.82, 2.24) is 0 Å². The monoisotopic (exact) mass is 296 g/mol. The molecule has 0 radical (unpaired) electrons. The zero-order valence-corrected chi connectivity index (χ0v) is 14.9. The molecule has 1 nitrogen and oxygen atoms in total. The van der Waals surface area contributed by atoms with Crippen molar-refractivity contribution in [2.45, 2.75) is 123 Å². The van der Waals surface area contributed by atoms with Crippen molar-refractivity contribution in [2.24, 2.45) is 0 Å². The summed E-state index contributed by atoms with van der Waals surface area (Å²) in [6.07, 6.45) is 22.3. The molecule has 126 valence electrons. The quantitative estimate of drug-likeness (QED) is 0.259. The average molecular weight is 297 g/mol. The Bertz CT molecular complexity index is 210.